The molecular weight excluding hydrogens is 278 g/mol. The van der Waals surface area contributed by atoms with Gasteiger partial charge >= 0.3 is 0 Å². The van der Waals surface area contributed by atoms with Gasteiger partial charge < -0.3 is 14.6 Å². The van der Waals surface area contributed by atoms with Crippen molar-refractivity contribution in [2.24, 2.45) is 0 Å². The van der Waals surface area contributed by atoms with Crippen LogP contribution in [0.1, 0.15) is 50.5 Å². The minimum absolute atomic E-state index is 0.0102. The Bertz CT molecular complexity index is 460. The molecule has 1 aliphatic rings. The molecule has 22 heavy (non-hydrogen) atoms. The molecule has 2 atom stereocenters. The lowest BCUT2D eigenvalue weighted by Gasteiger charge is -2.22. The maximum Gasteiger partial charge on any atom is 0.157 e. The Labute approximate surface area is 132 Å². The molecule has 1 aromatic rings. The highest BCUT2D eigenvalue weighted by Gasteiger charge is 2.13. The highest BCUT2D eigenvalue weighted by molar-refractivity contribution is 5.31. The number of rotatable bonds is 7. The fourth-order valence-electron chi connectivity index (χ4n) is 2.35. The van der Waals surface area contributed by atoms with Gasteiger partial charge in [0.25, 0.3) is 0 Å². The number of unbranched alkanes of at least 4 members (excludes halogenated alkanes) is 1. The zero-order valence-corrected chi connectivity index (χ0v) is 13.0. The van der Waals surface area contributed by atoms with Crippen molar-refractivity contribution in [3.63, 3.8) is 0 Å². The summed E-state index contributed by atoms with van der Waals surface area (Å²) in [5, 5.41) is 9.89. The molecule has 0 bridgehead atoms. The van der Waals surface area contributed by atoms with Crippen molar-refractivity contribution in [3.8, 4) is 11.8 Å². The van der Waals surface area contributed by atoms with Crippen LogP contribution in [-0.4, -0.2) is 35.7 Å². The fourth-order valence-corrected chi connectivity index (χ4v) is 2.35. The summed E-state index contributed by atoms with van der Waals surface area (Å²) in [5.74, 6) is 6.01. The van der Waals surface area contributed by atoms with E-state index in [1.54, 1.807) is 12.4 Å². The molecule has 0 radical (unpaired) electrons. The summed E-state index contributed by atoms with van der Waals surface area (Å²) < 4.78 is 11.2. The van der Waals surface area contributed by atoms with Crippen molar-refractivity contribution >= 4 is 0 Å². The Morgan fingerprint density at radius 3 is 3.14 bits per heavy atom. The molecule has 0 saturated carbocycles. The van der Waals surface area contributed by atoms with Crippen LogP contribution in [0.2, 0.25) is 0 Å². The molecule has 1 aromatic heterocycles. The highest BCUT2D eigenvalue weighted by atomic mass is 16.7. The van der Waals surface area contributed by atoms with Crippen molar-refractivity contribution in [3.05, 3.63) is 30.1 Å². The molecule has 1 saturated heterocycles. The highest BCUT2D eigenvalue weighted by Crippen LogP contribution is 2.14. The molecule has 0 spiro atoms. The van der Waals surface area contributed by atoms with Crippen molar-refractivity contribution in [2.45, 2.75) is 57.3 Å². The lowest BCUT2D eigenvalue weighted by atomic mass is 10.1. The van der Waals surface area contributed by atoms with Gasteiger partial charge in [-0.3, -0.25) is 4.98 Å². The second-order valence-corrected chi connectivity index (χ2v) is 5.56. The van der Waals surface area contributed by atoms with E-state index < -0.39 is 0 Å². The number of hydrogen-bond donors (Lipinski definition) is 1. The quantitative estimate of drug-likeness (QED) is 0.621. The van der Waals surface area contributed by atoms with Crippen LogP contribution in [0.25, 0.3) is 0 Å². The molecule has 0 aliphatic carbocycles. The van der Waals surface area contributed by atoms with Gasteiger partial charge in [-0.25, -0.2) is 0 Å². The average molecular weight is 303 g/mol. The van der Waals surface area contributed by atoms with Crippen molar-refractivity contribution < 1.29 is 14.6 Å². The van der Waals surface area contributed by atoms with Gasteiger partial charge in [-0.05, 0) is 50.7 Å². The molecule has 4 nitrogen and oxygen atoms in total. The molecule has 4 heteroatoms. The summed E-state index contributed by atoms with van der Waals surface area (Å²) in [5.41, 5.74) is 0.885. The predicted molar refractivity (Wildman–Crippen MR) is 85.1 cm³/mol. The van der Waals surface area contributed by atoms with Gasteiger partial charge in [-0.2, -0.15) is 0 Å². The first-order valence-corrected chi connectivity index (χ1v) is 8.15. The van der Waals surface area contributed by atoms with E-state index in [1.165, 1.54) is 6.42 Å². The minimum atomic E-state index is -0.366. The third-order valence-corrected chi connectivity index (χ3v) is 3.61. The normalized spacial score (nSPS) is 19.2. The van der Waals surface area contributed by atoms with Gasteiger partial charge in [0, 0.05) is 37.6 Å². The SMILES string of the molecule is O[C@H](CC#Cc1cccnc1)CCCCO[C@H]1CCCCO1. The Hall–Kier alpha value is -1.41. The van der Waals surface area contributed by atoms with Crippen molar-refractivity contribution in [1.29, 1.82) is 0 Å². The fraction of sp³-hybridized carbons (Fsp3) is 0.611. The maximum absolute atomic E-state index is 9.89. The zero-order valence-electron chi connectivity index (χ0n) is 13.0. The number of nitrogens with zero attached hydrogens (tertiary/aromatic N) is 1. The number of aliphatic hydroxyl groups is 1. The molecule has 1 N–H and O–H groups in total. The van der Waals surface area contributed by atoms with Gasteiger partial charge in [0.15, 0.2) is 6.29 Å². The molecule has 2 heterocycles. The van der Waals surface area contributed by atoms with Gasteiger partial charge in [0.2, 0.25) is 0 Å². The number of aliphatic hydroxyl groups excluding tert-OH is 1. The van der Waals surface area contributed by atoms with Gasteiger partial charge in [0.1, 0.15) is 0 Å². The standard InChI is InChI=1S/C18H25NO3/c20-17(10-5-7-16-8-6-12-19-15-16)9-1-3-13-21-18-11-2-4-14-22-18/h6,8,12,15,17-18,20H,1-4,9-11,13-14H2/t17-,18+/m0/s1. The Morgan fingerprint density at radius 2 is 2.36 bits per heavy atom. The lowest BCUT2D eigenvalue weighted by molar-refractivity contribution is -0.162. The number of aromatic nitrogens is 1. The summed E-state index contributed by atoms with van der Waals surface area (Å²) in [6, 6.07) is 3.77. The van der Waals surface area contributed by atoms with Crippen LogP contribution in [0.4, 0.5) is 0 Å². The molecule has 0 amide bonds. The first-order valence-electron chi connectivity index (χ1n) is 8.15. The van der Waals surface area contributed by atoms with E-state index in [2.05, 4.69) is 16.8 Å². The first-order chi connectivity index (χ1) is 10.8. The Balaban J connectivity index is 1.50. The molecule has 0 unspecified atom stereocenters. The van der Waals surface area contributed by atoms with Crippen molar-refractivity contribution in [2.75, 3.05) is 13.2 Å². The third kappa shape index (κ3) is 7.04. The second-order valence-electron chi connectivity index (χ2n) is 5.56. The number of pyridine rings is 1. The predicted octanol–water partition coefficient (Wildman–Crippen LogP) is 2.90. The van der Waals surface area contributed by atoms with Crippen LogP contribution in [0, 0.1) is 11.8 Å². The molecule has 1 fully saturated rings. The van der Waals surface area contributed by atoms with Gasteiger partial charge in [-0.1, -0.05) is 11.8 Å². The number of ether oxygens (including phenoxy) is 2. The summed E-state index contributed by atoms with van der Waals surface area (Å²) in [6.07, 6.45) is 9.58. The van der Waals surface area contributed by atoms with Crippen molar-refractivity contribution in [1.82, 2.24) is 4.98 Å². The second kappa shape index (κ2) is 10.3. The summed E-state index contributed by atoms with van der Waals surface area (Å²) in [4.78, 5) is 4.00. The summed E-state index contributed by atoms with van der Waals surface area (Å²) >= 11 is 0. The van der Waals surface area contributed by atoms with Gasteiger partial charge in [0.05, 0.1) is 6.10 Å². The monoisotopic (exact) mass is 303 g/mol. The van der Waals surface area contributed by atoms with E-state index in [-0.39, 0.29) is 12.4 Å². The van der Waals surface area contributed by atoms with Crippen LogP contribution in [0.3, 0.4) is 0 Å². The van der Waals surface area contributed by atoms with E-state index in [1.807, 2.05) is 12.1 Å². The molecular formula is C18H25NO3. The minimum Gasteiger partial charge on any atom is -0.392 e. The van der Waals surface area contributed by atoms with E-state index in [4.69, 9.17) is 9.47 Å². The van der Waals surface area contributed by atoms with Crippen LogP contribution < -0.4 is 0 Å². The smallest absolute Gasteiger partial charge is 0.157 e. The van der Waals surface area contributed by atoms with E-state index in [9.17, 15) is 5.11 Å². The largest absolute Gasteiger partial charge is 0.392 e. The van der Waals surface area contributed by atoms with Crippen LogP contribution in [-0.2, 0) is 9.47 Å². The average Bonchev–Trinajstić information content (AvgIpc) is 2.56. The van der Waals surface area contributed by atoms with Crippen LogP contribution in [0.15, 0.2) is 24.5 Å². The molecule has 120 valence electrons. The van der Waals surface area contributed by atoms with E-state index >= 15 is 0 Å². The van der Waals surface area contributed by atoms with Crippen LogP contribution in [0.5, 0.6) is 0 Å². The summed E-state index contributed by atoms with van der Waals surface area (Å²) in [6.45, 7) is 1.53. The molecule has 2 rings (SSSR count). The number of hydrogen-bond acceptors (Lipinski definition) is 4. The maximum atomic E-state index is 9.89. The van der Waals surface area contributed by atoms with Crippen LogP contribution >= 0.6 is 0 Å². The molecule has 1 aliphatic heterocycles. The Morgan fingerprint density at radius 1 is 1.41 bits per heavy atom. The molecule has 0 aromatic carbocycles. The summed E-state index contributed by atoms with van der Waals surface area (Å²) in [7, 11) is 0. The van der Waals surface area contributed by atoms with Gasteiger partial charge in [-0.15, -0.1) is 0 Å². The first kappa shape index (κ1) is 17.0. The zero-order chi connectivity index (χ0) is 15.5. The lowest BCUT2D eigenvalue weighted by Crippen LogP contribution is -2.22. The van der Waals surface area contributed by atoms with E-state index in [0.29, 0.717) is 13.0 Å². The Kier molecular flexibility index (Phi) is 7.97. The van der Waals surface area contributed by atoms with E-state index in [0.717, 1.165) is 44.3 Å². The third-order valence-electron chi connectivity index (χ3n) is 3.61. The topological polar surface area (TPSA) is 51.6 Å².